The second kappa shape index (κ2) is 9.40. The van der Waals surface area contributed by atoms with Gasteiger partial charge in [0, 0.05) is 21.7 Å². The van der Waals surface area contributed by atoms with Crippen LogP contribution < -0.4 is 10.6 Å². The molecule has 6 aliphatic rings. The molecule has 0 aromatic heterocycles. The van der Waals surface area contributed by atoms with Crippen LogP contribution in [0.4, 0.5) is 0 Å². The Morgan fingerprint density at radius 2 is 1.03 bits per heavy atom. The molecule has 2 saturated heterocycles. The summed E-state index contributed by atoms with van der Waals surface area (Å²) in [6, 6.07) is 1.58. The third-order valence-electron chi connectivity index (χ3n) is 11.7. The summed E-state index contributed by atoms with van der Waals surface area (Å²) in [6.07, 6.45) is 14.6. The average Bonchev–Trinajstić information content (AvgIpc) is 3.29. The summed E-state index contributed by atoms with van der Waals surface area (Å²) in [7, 11) is 0. The molecule has 2 N–H and O–H groups in total. The second-order valence-corrected chi connectivity index (χ2v) is 15.2. The van der Waals surface area contributed by atoms with Crippen molar-refractivity contribution in [1.29, 1.82) is 0 Å². The van der Waals surface area contributed by atoms with Gasteiger partial charge < -0.3 is 10.6 Å². The Morgan fingerprint density at radius 1 is 0.594 bits per heavy atom. The predicted molar refractivity (Wildman–Crippen MR) is 141 cm³/mol. The summed E-state index contributed by atoms with van der Waals surface area (Å²) in [6.45, 7) is 7.72. The third kappa shape index (κ3) is 3.92. The van der Waals surface area contributed by atoms with E-state index in [-0.39, 0.29) is 0 Å². The van der Waals surface area contributed by atoms with E-state index in [0.29, 0.717) is 0 Å². The molecule has 6 fully saturated rings. The smallest absolute Gasteiger partial charge is 0.0220 e. The zero-order valence-corrected chi connectivity index (χ0v) is 23.5. The van der Waals surface area contributed by atoms with Crippen LogP contribution >= 0.6 is 31.9 Å². The van der Waals surface area contributed by atoms with Gasteiger partial charge in [-0.3, -0.25) is 0 Å². The van der Waals surface area contributed by atoms with Crippen molar-refractivity contribution in [2.45, 2.75) is 99.8 Å². The molecule has 0 radical (unpaired) electrons. The molecule has 32 heavy (non-hydrogen) atoms. The van der Waals surface area contributed by atoms with Crippen LogP contribution in [0.3, 0.4) is 0 Å². The number of hydrogen-bond acceptors (Lipinski definition) is 2. The van der Waals surface area contributed by atoms with Crippen molar-refractivity contribution in [3.05, 3.63) is 0 Å². The molecule has 4 aliphatic carbocycles. The van der Waals surface area contributed by atoms with Gasteiger partial charge in [-0.05, 0) is 136 Å². The molecule has 2 heterocycles. The Hall–Kier alpha value is 0.880. The van der Waals surface area contributed by atoms with Crippen LogP contribution in [-0.4, -0.2) is 34.8 Å². The maximum Gasteiger partial charge on any atom is 0.0220 e. The summed E-state index contributed by atoms with van der Waals surface area (Å²) in [4.78, 5) is 1.53. The predicted octanol–water partition coefficient (Wildman–Crippen LogP) is 6.61. The summed E-state index contributed by atoms with van der Waals surface area (Å²) in [5.74, 6) is 9.40. The van der Waals surface area contributed by atoms with Crippen LogP contribution in [-0.2, 0) is 0 Å². The van der Waals surface area contributed by atoms with Crippen molar-refractivity contribution in [1.82, 2.24) is 10.6 Å². The van der Waals surface area contributed by atoms with Crippen molar-refractivity contribution in [2.75, 3.05) is 13.1 Å². The van der Waals surface area contributed by atoms with Gasteiger partial charge in [-0.15, -0.1) is 0 Å². The van der Waals surface area contributed by atoms with E-state index >= 15 is 0 Å². The first kappa shape index (κ1) is 23.3. The minimum Gasteiger partial charge on any atom is -0.314 e. The highest BCUT2D eigenvalue weighted by molar-refractivity contribution is 9.09. The molecule has 2 nitrogen and oxygen atoms in total. The van der Waals surface area contributed by atoms with E-state index in [1.165, 1.54) is 77.3 Å². The molecule has 0 amide bonds. The van der Waals surface area contributed by atoms with Crippen molar-refractivity contribution in [3.63, 3.8) is 0 Å². The highest BCUT2D eigenvalue weighted by Gasteiger charge is 2.54. The third-order valence-corrected chi connectivity index (χ3v) is 14.5. The van der Waals surface area contributed by atoms with Crippen LogP contribution in [0.25, 0.3) is 0 Å². The second-order valence-electron chi connectivity index (χ2n) is 13.1. The van der Waals surface area contributed by atoms with E-state index in [0.717, 1.165) is 80.9 Å². The number of alkyl halides is 2. The first-order chi connectivity index (χ1) is 15.5. The van der Waals surface area contributed by atoms with Crippen molar-refractivity contribution in [2.24, 2.45) is 59.2 Å². The largest absolute Gasteiger partial charge is 0.314 e. The monoisotopic (exact) mass is 568 g/mol. The lowest BCUT2D eigenvalue weighted by molar-refractivity contribution is 0.0957. The lowest BCUT2D eigenvalue weighted by Gasteiger charge is -2.47. The van der Waals surface area contributed by atoms with Gasteiger partial charge in [0.25, 0.3) is 0 Å². The molecule has 2 aliphatic heterocycles. The lowest BCUT2D eigenvalue weighted by atomic mass is 9.65. The minimum absolute atomic E-state index is 0.767. The van der Waals surface area contributed by atoms with Gasteiger partial charge in [0.05, 0.1) is 0 Å². The van der Waals surface area contributed by atoms with Crippen LogP contribution in [0.15, 0.2) is 0 Å². The minimum atomic E-state index is 0.767. The zero-order valence-electron chi connectivity index (χ0n) is 20.3. The lowest BCUT2D eigenvalue weighted by Crippen LogP contribution is -2.53. The molecular weight excluding hydrogens is 524 g/mol. The van der Waals surface area contributed by atoms with Crippen LogP contribution in [0.2, 0.25) is 0 Å². The van der Waals surface area contributed by atoms with Gasteiger partial charge in [-0.1, -0.05) is 45.7 Å². The molecule has 4 saturated carbocycles. The fourth-order valence-electron chi connectivity index (χ4n) is 10.3. The SMILES string of the molecule is CC1CC2C(Br)C3CCCNC3CC2C1CCC1C(C)CC2C(Br)C3CCCNC3CC12. The van der Waals surface area contributed by atoms with Gasteiger partial charge >= 0.3 is 0 Å². The van der Waals surface area contributed by atoms with Gasteiger partial charge in [-0.2, -0.15) is 0 Å². The fraction of sp³-hybridized carbons (Fsp3) is 1.00. The van der Waals surface area contributed by atoms with Crippen molar-refractivity contribution >= 4 is 31.9 Å². The molecule has 14 atom stereocenters. The topological polar surface area (TPSA) is 24.1 Å². The van der Waals surface area contributed by atoms with Gasteiger partial charge in [0.15, 0.2) is 0 Å². The Balaban J connectivity index is 1.13. The first-order valence-electron chi connectivity index (χ1n) is 14.3. The molecule has 4 heteroatoms. The van der Waals surface area contributed by atoms with E-state index in [1.54, 1.807) is 0 Å². The number of hydrogen-bond donors (Lipinski definition) is 2. The summed E-state index contributed by atoms with van der Waals surface area (Å²) in [5.41, 5.74) is 0. The average molecular weight is 570 g/mol. The summed E-state index contributed by atoms with van der Waals surface area (Å²) >= 11 is 8.50. The maximum atomic E-state index is 4.25. The van der Waals surface area contributed by atoms with E-state index in [9.17, 15) is 0 Å². The number of nitrogens with one attached hydrogen (secondary N) is 2. The molecule has 0 aromatic carbocycles. The zero-order chi connectivity index (χ0) is 22.0. The molecule has 182 valence electrons. The number of halogens is 2. The highest BCUT2D eigenvalue weighted by atomic mass is 79.9. The number of fused-ring (bicyclic) bond motifs is 4. The summed E-state index contributed by atoms with van der Waals surface area (Å²) < 4.78 is 0. The van der Waals surface area contributed by atoms with E-state index in [1.807, 2.05) is 0 Å². The molecule has 0 spiro atoms. The molecule has 0 aromatic rings. The van der Waals surface area contributed by atoms with Gasteiger partial charge in [0.2, 0.25) is 0 Å². The standard InChI is InChI=1S/C28H46Br2N2/c1-15-11-23-21(13-25-19(27(23)29)5-3-9-31-25)17(15)7-8-18-16(2)12-24-22(18)14-26-20(28(24)30)6-4-10-32-26/h15-28,31-32H,3-14H2,1-2H3. The molecular formula is C28H46Br2N2. The number of rotatable bonds is 3. The van der Waals surface area contributed by atoms with Gasteiger partial charge in [-0.25, -0.2) is 0 Å². The number of piperidine rings is 2. The summed E-state index contributed by atoms with van der Waals surface area (Å²) in [5, 5.41) is 7.86. The van der Waals surface area contributed by atoms with E-state index < -0.39 is 0 Å². The van der Waals surface area contributed by atoms with E-state index in [2.05, 4.69) is 56.3 Å². The van der Waals surface area contributed by atoms with Crippen LogP contribution in [0.1, 0.15) is 78.1 Å². The highest BCUT2D eigenvalue weighted by Crippen LogP contribution is 2.58. The van der Waals surface area contributed by atoms with Crippen molar-refractivity contribution in [3.8, 4) is 0 Å². The maximum absolute atomic E-state index is 4.25. The Kier molecular flexibility index (Phi) is 6.84. The van der Waals surface area contributed by atoms with E-state index in [4.69, 9.17) is 0 Å². The Bertz CT molecular complexity index is 616. The molecule has 6 rings (SSSR count). The van der Waals surface area contributed by atoms with Gasteiger partial charge in [0.1, 0.15) is 0 Å². The van der Waals surface area contributed by atoms with Crippen LogP contribution in [0.5, 0.6) is 0 Å². The first-order valence-corrected chi connectivity index (χ1v) is 16.1. The van der Waals surface area contributed by atoms with Crippen molar-refractivity contribution < 1.29 is 0 Å². The Labute approximate surface area is 213 Å². The van der Waals surface area contributed by atoms with Crippen LogP contribution in [0, 0.1) is 59.2 Å². The Morgan fingerprint density at radius 3 is 1.47 bits per heavy atom. The molecule has 0 bridgehead atoms. The fourth-order valence-corrected chi connectivity index (χ4v) is 12.8. The molecule has 14 unspecified atom stereocenters. The quantitative estimate of drug-likeness (QED) is 0.373. The normalized spacial score (nSPS) is 57.4.